The molecule has 0 saturated heterocycles. The van der Waals surface area contributed by atoms with Gasteiger partial charge in [0.15, 0.2) is 11.6 Å². The van der Waals surface area contributed by atoms with Crippen LogP contribution in [0.3, 0.4) is 0 Å². The molecule has 2 aromatic carbocycles. The first-order valence-corrected chi connectivity index (χ1v) is 9.60. The molecule has 0 bridgehead atoms. The van der Waals surface area contributed by atoms with Gasteiger partial charge in [-0.1, -0.05) is 57.2 Å². The highest BCUT2D eigenvalue weighted by atomic mass is 15.1. The topological polar surface area (TPSA) is 49.8 Å². The molecule has 1 heterocycles. The molecule has 3 rings (SSSR count). The van der Waals surface area contributed by atoms with Crippen LogP contribution >= 0.6 is 0 Å². The van der Waals surface area contributed by atoms with E-state index in [1.807, 2.05) is 37.3 Å². The summed E-state index contributed by atoms with van der Waals surface area (Å²) >= 11 is 0. The van der Waals surface area contributed by atoms with Gasteiger partial charge in [-0.15, -0.1) is 0 Å². The van der Waals surface area contributed by atoms with E-state index in [0.29, 0.717) is 11.8 Å². The van der Waals surface area contributed by atoms with Crippen LogP contribution in [0.5, 0.6) is 0 Å². The maximum atomic E-state index is 4.70. The van der Waals surface area contributed by atoms with E-state index in [9.17, 15) is 0 Å². The molecule has 1 atom stereocenters. The third kappa shape index (κ3) is 4.64. The van der Waals surface area contributed by atoms with Crippen molar-refractivity contribution in [3.05, 3.63) is 72.1 Å². The summed E-state index contributed by atoms with van der Waals surface area (Å²) in [5.74, 6) is 2.53. The van der Waals surface area contributed by atoms with Crippen molar-refractivity contribution in [3.63, 3.8) is 0 Å². The lowest BCUT2D eigenvalue weighted by Gasteiger charge is -2.23. The molecule has 1 unspecified atom stereocenters. The molecular formula is C23H28N4. The van der Waals surface area contributed by atoms with Crippen LogP contribution < -0.4 is 10.6 Å². The number of aryl methyl sites for hydroxylation is 1. The smallest absolute Gasteiger partial charge is 0.174 e. The lowest BCUT2D eigenvalue weighted by molar-refractivity contribution is 0.486. The number of nitrogens with zero attached hydrogens (tertiary/aromatic N) is 2. The molecule has 0 radical (unpaired) electrons. The minimum absolute atomic E-state index is 0.497. The summed E-state index contributed by atoms with van der Waals surface area (Å²) < 4.78 is 0. The van der Waals surface area contributed by atoms with Gasteiger partial charge in [0, 0.05) is 11.4 Å². The Morgan fingerprint density at radius 3 is 2.30 bits per heavy atom. The van der Waals surface area contributed by atoms with E-state index in [1.165, 1.54) is 5.56 Å². The Hall–Kier alpha value is -2.88. The molecule has 2 N–H and O–H groups in total. The number of aromatic nitrogens is 2. The van der Waals surface area contributed by atoms with Crippen molar-refractivity contribution in [1.82, 2.24) is 9.97 Å². The highest BCUT2D eigenvalue weighted by Gasteiger charge is 2.18. The van der Waals surface area contributed by atoms with E-state index in [1.54, 1.807) is 6.20 Å². The summed E-state index contributed by atoms with van der Waals surface area (Å²) in [6.07, 6.45) is 2.89. The third-order valence-corrected chi connectivity index (χ3v) is 4.79. The van der Waals surface area contributed by atoms with Crippen molar-refractivity contribution < 1.29 is 0 Å². The average molecular weight is 361 g/mol. The van der Waals surface area contributed by atoms with E-state index in [2.05, 4.69) is 60.7 Å². The van der Waals surface area contributed by atoms with Crippen LogP contribution in [-0.4, -0.2) is 9.97 Å². The molecule has 0 saturated carbocycles. The van der Waals surface area contributed by atoms with Crippen molar-refractivity contribution in [1.29, 1.82) is 0 Å². The molecule has 0 aliphatic heterocycles. The van der Waals surface area contributed by atoms with E-state index in [0.717, 1.165) is 35.1 Å². The second kappa shape index (κ2) is 8.67. The minimum Gasteiger partial charge on any atom is -0.337 e. The maximum Gasteiger partial charge on any atom is 0.174 e. The number of anilines is 4. The van der Waals surface area contributed by atoms with Gasteiger partial charge in [-0.3, -0.25) is 0 Å². The Bertz CT molecular complexity index is 875. The molecule has 140 valence electrons. The summed E-state index contributed by atoms with van der Waals surface area (Å²) in [6, 6.07) is 18.5. The fourth-order valence-corrected chi connectivity index (χ4v) is 3.43. The number of benzene rings is 2. The summed E-state index contributed by atoms with van der Waals surface area (Å²) in [6.45, 7) is 8.76. The van der Waals surface area contributed by atoms with Crippen LogP contribution in [0.4, 0.5) is 23.0 Å². The van der Waals surface area contributed by atoms with Crippen molar-refractivity contribution >= 4 is 23.0 Å². The van der Waals surface area contributed by atoms with Crippen LogP contribution in [-0.2, 0) is 0 Å². The fraction of sp³-hybridized carbons (Fsp3) is 0.304. The zero-order chi connectivity index (χ0) is 19.2. The van der Waals surface area contributed by atoms with Gasteiger partial charge in [-0.05, 0) is 48.9 Å². The molecule has 0 fully saturated rings. The summed E-state index contributed by atoms with van der Waals surface area (Å²) in [4.78, 5) is 9.26. The molecule has 0 amide bonds. The van der Waals surface area contributed by atoms with Gasteiger partial charge in [0.1, 0.15) is 0 Å². The molecule has 4 nitrogen and oxygen atoms in total. The highest BCUT2D eigenvalue weighted by molar-refractivity contribution is 5.73. The summed E-state index contributed by atoms with van der Waals surface area (Å²) in [5, 5.41) is 6.91. The van der Waals surface area contributed by atoms with Gasteiger partial charge >= 0.3 is 0 Å². The predicted molar refractivity (Wildman–Crippen MR) is 114 cm³/mol. The maximum absolute atomic E-state index is 4.70. The van der Waals surface area contributed by atoms with Gasteiger partial charge in [0.05, 0.1) is 11.9 Å². The Morgan fingerprint density at radius 1 is 0.889 bits per heavy atom. The summed E-state index contributed by atoms with van der Waals surface area (Å²) in [5.41, 5.74) is 4.28. The third-order valence-electron chi connectivity index (χ3n) is 4.79. The average Bonchev–Trinajstić information content (AvgIpc) is 2.66. The van der Waals surface area contributed by atoms with Crippen LogP contribution in [0.1, 0.15) is 44.4 Å². The monoisotopic (exact) mass is 360 g/mol. The van der Waals surface area contributed by atoms with Crippen LogP contribution in [0.25, 0.3) is 0 Å². The van der Waals surface area contributed by atoms with Crippen molar-refractivity contribution in [2.45, 2.75) is 40.0 Å². The van der Waals surface area contributed by atoms with Gasteiger partial charge in [-0.25, -0.2) is 9.97 Å². The first-order chi connectivity index (χ1) is 13.1. The largest absolute Gasteiger partial charge is 0.337 e. The number of hydrogen-bond donors (Lipinski definition) is 2. The normalized spacial score (nSPS) is 12.0. The lowest BCUT2D eigenvalue weighted by atomic mass is 9.85. The number of hydrogen-bond acceptors (Lipinski definition) is 4. The first kappa shape index (κ1) is 18.9. The van der Waals surface area contributed by atoms with Crippen molar-refractivity contribution in [3.8, 4) is 0 Å². The van der Waals surface area contributed by atoms with Gasteiger partial charge < -0.3 is 10.6 Å². The Kier molecular flexibility index (Phi) is 6.07. The summed E-state index contributed by atoms with van der Waals surface area (Å²) in [7, 11) is 0. The molecule has 0 aliphatic rings. The molecule has 27 heavy (non-hydrogen) atoms. The zero-order valence-electron chi connectivity index (χ0n) is 16.5. The fourth-order valence-electron chi connectivity index (χ4n) is 3.43. The quantitative estimate of drug-likeness (QED) is 0.510. The molecule has 0 aliphatic carbocycles. The van der Waals surface area contributed by atoms with Crippen LogP contribution in [0.2, 0.25) is 0 Å². The minimum atomic E-state index is 0.497. The zero-order valence-corrected chi connectivity index (χ0v) is 16.5. The van der Waals surface area contributed by atoms with Crippen molar-refractivity contribution in [2.24, 2.45) is 5.92 Å². The Morgan fingerprint density at radius 2 is 1.59 bits per heavy atom. The van der Waals surface area contributed by atoms with Gasteiger partial charge in [-0.2, -0.15) is 0 Å². The van der Waals surface area contributed by atoms with Gasteiger partial charge in [0.25, 0.3) is 0 Å². The lowest BCUT2D eigenvalue weighted by Crippen LogP contribution is -2.10. The number of nitrogens with one attached hydrogen (secondary N) is 2. The van der Waals surface area contributed by atoms with Crippen LogP contribution in [0.15, 0.2) is 60.8 Å². The molecule has 3 aromatic rings. The first-order valence-electron chi connectivity index (χ1n) is 9.60. The second-order valence-electron chi connectivity index (χ2n) is 7.17. The standard InChI is InChI=1S/C23H28N4/c1-5-19(16(2)3)20-13-9-10-14-21(20)27-23-22(24-15-17(4)25-23)26-18-11-7-6-8-12-18/h6-16,19H,5H2,1-4H3,(H,24,26)(H,25,27). The Labute approximate surface area is 162 Å². The number of para-hydroxylation sites is 2. The van der Waals surface area contributed by atoms with E-state index >= 15 is 0 Å². The van der Waals surface area contributed by atoms with E-state index < -0.39 is 0 Å². The molecule has 0 spiro atoms. The van der Waals surface area contributed by atoms with E-state index in [-0.39, 0.29) is 0 Å². The number of rotatable bonds is 7. The predicted octanol–water partition coefficient (Wildman–Crippen LogP) is 6.42. The molecule has 4 heteroatoms. The SMILES string of the molecule is CCC(c1ccccc1Nc1nc(C)cnc1Nc1ccccc1)C(C)C. The van der Waals surface area contributed by atoms with Crippen molar-refractivity contribution in [2.75, 3.05) is 10.6 Å². The molecular weight excluding hydrogens is 332 g/mol. The van der Waals surface area contributed by atoms with Gasteiger partial charge in [0.2, 0.25) is 0 Å². The highest BCUT2D eigenvalue weighted by Crippen LogP contribution is 2.35. The van der Waals surface area contributed by atoms with E-state index in [4.69, 9.17) is 4.98 Å². The van der Waals surface area contributed by atoms with Crippen LogP contribution in [0, 0.1) is 12.8 Å². The Balaban J connectivity index is 1.95. The second-order valence-corrected chi connectivity index (χ2v) is 7.17. The molecule has 1 aromatic heterocycles.